The first-order valence-electron chi connectivity index (χ1n) is 8.87. The van der Waals surface area contributed by atoms with Gasteiger partial charge in [0.25, 0.3) is 0 Å². The molecule has 26 heavy (non-hydrogen) atoms. The van der Waals surface area contributed by atoms with Crippen molar-refractivity contribution in [3.05, 3.63) is 53.1 Å². The molecule has 2 aromatic heterocycles. The van der Waals surface area contributed by atoms with E-state index in [1.807, 2.05) is 28.8 Å². The third kappa shape index (κ3) is 2.42. The maximum atomic E-state index is 6.28. The summed E-state index contributed by atoms with van der Waals surface area (Å²) in [6.07, 6.45) is 2.38. The molecule has 0 amide bonds. The van der Waals surface area contributed by atoms with E-state index in [4.69, 9.17) is 16.6 Å². The van der Waals surface area contributed by atoms with Crippen molar-refractivity contribution in [1.82, 2.24) is 19.8 Å². The van der Waals surface area contributed by atoms with Gasteiger partial charge in [0, 0.05) is 29.1 Å². The van der Waals surface area contributed by atoms with Gasteiger partial charge < -0.3 is 4.90 Å². The Balaban J connectivity index is 1.83. The molecule has 0 aliphatic carbocycles. The molecule has 5 rings (SSSR count). The van der Waals surface area contributed by atoms with Crippen molar-refractivity contribution in [3.63, 3.8) is 0 Å². The lowest BCUT2D eigenvalue weighted by Crippen LogP contribution is -2.20. The average molecular weight is 364 g/mol. The number of hydrogen-bond acceptors (Lipinski definition) is 4. The summed E-state index contributed by atoms with van der Waals surface area (Å²) >= 11 is 6.28. The minimum absolute atomic E-state index is 0.707. The molecule has 130 valence electrons. The van der Waals surface area contributed by atoms with Crippen molar-refractivity contribution in [2.75, 3.05) is 18.0 Å². The number of fused-ring (bicyclic) bond motifs is 3. The molecule has 5 nitrogen and oxygen atoms in total. The Kier molecular flexibility index (Phi) is 3.57. The number of halogens is 1. The fourth-order valence-corrected chi connectivity index (χ4v) is 3.89. The molecule has 1 saturated heterocycles. The van der Waals surface area contributed by atoms with Gasteiger partial charge in [-0.3, -0.25) is 0 Å². The Morgan fingerprint density at radius 3 is 2.69 bits per heavy atom. The number of aryl methyl sites for hydroxylation is 1. The summed E-state index contributed by atoms with van der Waals surface area (Å²) in [6, 6.07) is 14.2. The van der Waals surface area contributed by atoms with Crippen LogP contribution in [0.4, 0.5) is 5.82 Å². The first-order chi connectivity index (χ1) is 12.7. The van der Waals surface area contributed by atoms with Crippen LogP contribution in [-0.2, 0) is 0 Å². The zero-order chi connectivity index (χ0) is 17.7. The third-order valence-electron chi connectivity index (χ3n) is 4.98. The fourth-order valence-electron chi connectivity index (χ4n) is 3.72. The van der Waals surface area contributed by atoms with Crippen molar-refractivity contribution < 1.29 is 0 Å². The number of anilines is 1. The molecule has 6 heteroatoms. The summed E-state index contributed by atoms with van der Waals surface area (Å²) in [6.45, 7) is 4.12. The van der Waals surface area contributed by atoms with Gasteiger partial charge in [-0.05, 0) is 44.0 Å². The summed E-state index contributed by atoms with van der Waals surface area (Å²) in [5.41, 5.74) is 4.80. The van der Waals surface area contributed by atoms with E-state index in [0.29, 0.717) is 5.02 Å². The predicted octanol–water partition coefficient (Wildman–Crippen LogP) is 4.51. The topological polar surface area (TPSA) is 46.3 Å². The van der Waals surface area contributed by atoms with Crippen molar-refractivity contribution >= 4 is 34.0 Å². The van der Waals surface area contributed by atoms with Crippen LogP contribution in [0.5, 0.6) is 0 Å². The summed E-state index contributed by atoms with van der Waals surface area (Å²) < 4.78 is 1.82. The van der Waals surface area contributed by atoms with Crippen molar-refractivity contribution in [1.29, 1.82) is 0 Å². The Labute approximate surface area is 156 Å². The van der Waals surface area contributed by atoms with Crippen LogP contribution in [-0.4, -0.2) is 32.9 Å². The van der Waals surface area contributed by atoms with Crippen LogP contribution in [0.25, 0.3) is 27.8 Å². The van der Waals surface area contributed by atoms with E-state index in [2.05, 4.69) is 40.3 Å². The zero-order valence-corrected chi connectivity index (χ0v) is 15.2. The highest BCUT2D eigenvalue weighted by atomic mass is 35.5. The molecule has 0 bridgehead atoms. The van der Waals surface area contributed by atoms with Gasteiger partial charge in [0.1, 0.15) is 11.5 Å². The maximum absolute atomic E-state index is 6.28. The van der Waals surface area contributed by atoms with Gasteiger partial charge in [-0.25, -0.2) is 4.98 Å². The van der Waals surface area contributed by atoms with E-state index in [9.17, 15) is 0 Å². The van der Waals surface area contributed by atoms with Crippen molar-refractivity contribution in [2.45, 2.75) is 19.8 Å². The lowest BCUT2D eigenvalue weighted by atomic mass is 10.1. The molecule has 3 heterocycles. The molecular weight excluding hydrogens is 346 g/mol. The summed E-state index contributed by atoms with van der Waals surface area (Å²) in [5.74, 6) is 0.976. The fraction of sp³-hybridized carbons (Fsp3) is 0.250. The lowest BCUT2D eigenvalue weighted by molar-refractivity contribution is 0.870. The third-order valence-corrected chi connectivity index (χ3v) is 5.22. The van der Waals surface area contributed by atoms with E-state index in [-0.39, 0.29) is 0 Å². The van der Waals surface area contributed by atoms with Gasteiger partial charge in [0.15, 0.2) is 5.65 Å². The van der Waals surface area contributed by atoms with Crippen LogP contribution in [0.2, 0.25) is 5.02 Å². The monoisotopic (exact) mass is 363 g/mol. The standard InChI is InChI=1S/C20H18ClN5/c1-13-5-4-6-14(11-13)18-20-22-19(25-9-2-3-10-25)16-12-15(21)7-8-17(16)26(20)24-23-18/h4-8,11-12H,2-3,9-10H2,1H3. The molecule has 1 fully saturated rings. The highest BCUT2D eigenvalue weighted by molar-refractivity contribution is 6.31. The molecule has 4 aromatic rings. The summed E-state index contributed by atoms with van der Waals surface area (Å²) in [5, 5.41) is 10.6. The minimum Gasteiger partial charge on any atom is -0.356 e. The summed E-state index contributed by atoms with van der Waals surface area (Å²) in [4.78, 5) is 7.34. The van der Waals surface area contributed by atoms with Crippen LogP contribution in [0.3, 0.4) is 0 Å². The molecule has 0 spiro atoms. The highest BCUT2D eigenvalue weighted by Crippen LogP contribution is 2.33. The minimum atomic E-state index is 0.707. The number of rotatable bonds is 2. The Hall–Kier alpha value is -2.66. The highest BCUT2D eigenvalue weighted by Gasteiger charge is 2.21. The van der Waals surface area contributed by atoms with Gasteiger partial charge in [0.05, 0.1) is 5.52 Å². The van der Waals surface area contributed by atoms with Gasteiger partial charge in [-0.15, -0.1) is 5.10 Å². The molecule has 0 saturated carbocycles. The van der Waals surface area contributed by atoms with Crippen LogP contribution >= 0.6 is 11.6 Å². The van der Waals surface area contributed by atoms with Crippen LogP contribution < -0.4 is 4.90 Å². The smallest absolute Gasteiger partial charge is 0.186 e. The first-order valence-corrected chi connectivity index (χ1v) is 9.25. The molecule has 2 aromatic carbocycles. The maximum Gasteiger partial charge on any atom is 0.186 e. The van der Waals surface area contributed by atoms with E-state index in [0.717, 1.165) is 46.7 Å². The Morgan fingerprint density at radius 2 is 1.88 bits per heavy atom. The molecule has 0 atom stereocenters. The number of hydrogen-bond donors (Lipinski definition) is 0. The quantitative estimate of drug-likeness (QED) is 0.525. The number of aromatic nitrogens is 4. The molecule has 0 N–H and O–H groups in total. The molecule has 0 radical (unpaired) electrons. The number of benzene rings is 2. The predicted molar refractivity (Wildman–Crippen MR) is 105 cm³/mol. The number of nitrogens with zero attached hydrogens (tertiary/aromatic N) is 5. The van der Waals surface area contributed by atoms with E-state index in [1.165, 1.54) is 18.4 Å². The van der Waals surface area contributed by atoms with Crippen LogP contribution in [0.15, 0.2) is 42.5 Å². The first kappa shape index (κ1) is 15.6. The Bertz CT molecular complexity index is 1130. The normalized spacial score (nSPS) is 14.6. The second-order valence-electron chi connectivity index (χ2n) is 6.83. The van der Waals surface area contributed by atoms with Crippen LogP contribution in [0.1, 0.15) is 18.4 Å². The van der Waals surface area contributed by atoms with Crippen LogP contribution in [0, 0.1) is 6.92 Å². The molecule has 1 aliphatic rings. The lowest BCUT2D eigenvalue weighted by Gasteiger charge is -2.19. The second-order valence-corrected chi connectivity index (χ2v) is 7.27. The molecular formula is C20H18ClN5. The van der Waals surface area contributed by atoms with Gasteiger partial charge in [-0.2, -0.15) is 4.52 Å². The largest absolute Gasteiger partial charge is 0.356 e. The van der Waals surface area contributed by atoms with E-state index >= 15 is 0 Å². The van der Waals surface area contributed by atoms with E-state index in [1.54, 1.807) is 0 Å². The Morgan fingerprint density at radius 1 is 1.04 bits per heavy atom. The average Bonchev–Trinajstić information content (AvgIpc) is 3.30. The SMILES string of the molecule is Cc1cccc(-c2nnn3c2nc(N2CCCC2)c2cc(Cl)ccc23)c1. The van der Waals surface area contributed by atoms with Gasteiger partial charge >= 0.3 is 0 Å². The van der Waals surface area contributed by atoms with E-state index < -0.39 is 0 Å². The molecule has 0 unspecified atom stereocenters. The molecule has 1 aliphatic heterocycles. The van der Waals surface area contributed by atoms with Crippen molar-refractivity contribution in [3.8, 4) is 11.3 Å². The van der Waals surface area contributed by atoms with Crippen molar-refractivity contribution in [2.24, 2.45) is 0 Å². The van der Waals surface area contributed by atoms with Gasteiger partial charge in [0.2, 0.25) is 0 Å². The summed E-state index contributed by atoms with van der Waals surface area (Å²) in [7, 11) is 0. The zero-order valence-electron chi connectivity index (χ0n) is 14.5. The van der Waals surface area contributed by atoms with Gasteiger partial charge in [-0.1, -0.05) is 40.6 Å². The second kappa shape index (κ2) is 5.95.